The number of hydrogen-bond acceptors (Lipinski definition) is 3. The van der Waals surface area contributed by atoms with Crippen LogP contribution in [-0.2, 0) is 12.6 Å². The van der Waals surface area contributed by atoms with Gasteiger partial charge < -0.3 is 5.11 Å². The summed E-state index contributed by atoms with van der Waals surface area (Å²) in [6.07, 6.45) is 4.67. The molecule has 1 nitrogen and oxygen atoms in total. The van der Waals surface area contributed by atoms with Crippen LogP contribution in [0, 0.1) is 0 Å². The standard InChI is InChI=1S/C21H21F3OS2/c1-2-3-4-5-13-6-9-16(18(10-13)21(22,23)24)17-11-14-7-8-15(25)12-19(14)27-20(17)26/h6-11,19,25H,2-5,12H2,1H3. The molecule has 3 rings (SSSR count). The highest BCUT2D eigenvalue weighted by Crippen LogP contribution is 2.44. The molecule has 0 radical (unpaired) electrons. The summed E-state index contributed by atoms with van der Waals surface area (Å²) >= 11 is 6.76. The molecule has 0 saturated heterocycles. The number of halogens is 3. The molecule has 1 aromatic rings. The Morgan fingerprint density at radius 2 is 2.00 bits per heavy atom. The van der Waals surface area contributed by atoms with Crippen LogP contribution in [0.3, 0.4) is 0 Å². The van der Waals surface area contributed by atoms with Gasteiger partial charge in [0, 0.05) is 17.2 Å². The van der Waals surface area contributed by atoms with E-state index in [2.05, 4.69) is 6.92 Å². The molecular formula is C21H21F3OS2. The van der Waals surface area contributed by atoms with Gasteiger partial charge in [0.2, 0.25) is 0 Å². The van der Waals surface area contributed by atoms with Gasteiger partial charge in [-0.3, -0.25) is 0 Å². The zero-order valence-electron chi connectivity index (χ0n) is 15.0. The first kappa shape index (κ1) is 20.2. The van der Waals surface area contributed by atoms with Gasteiger partial charge in [0.1, 0.15) is 0 Å². The lowest BCUT2D eigenvalue weighted by atomic mass is 9.92. The number of hydrogen-bond donors (Lipinski definition) is 1. The molecule has 1 N–H and O–H groups in total. The predicted octanol–water partition coefficient (Wildman–Crippen LogP) is 7.04. The number of aryl methyl sites for hydroxylation is 1. The third-order valence-electron chi connectivity index (χ3n) is 4.76. The highest BCUT2D eigenvalue weighted by Gasteiger charge is 2.36. The summed E-state index contributed by atoms with van der Waals surface area (Å²) in [5.74, 6) is 0.267. The van der Waals surface area contributed by atoms with Crippen molar-refractivity contribution in [3.8, 4) is 0 Å². The zero-order valence-corrected chi connectivity index (χ0v) is 16.6. The summed E-state index contributed by atoms with van der Waals surface area (Å²) in [5, 5.41) is 9.64. The molecule has 0 aromatic heterocycles. The molecule has 1 aliphatic heterocycles. The summed E-state index contributed by atoms with van der Waals surface area (Å²) in [5.41, 5.74) is 1.55. The van der Waals surface area contributed by atoms with Gasteiger partial charge in [-0.15, -0.1) is 11.8 Å². The third kappa shape index (κ3) is 4.66. The van der Waals surface area contributed by atoms with Crippen LogP contribution in [0.4, 0.5) is 13.2 Å². The molecule has 144 valence electrons. The zero-order chi connectivity index (χ0) is 19.6. The monoisotopic (exact) mass is 410 g/mol. The van der Waals surface area contributed by atoms with Gasteiger partial charge in [-0.1, -0.05) is 50.2 Å². The van der Waals surface area contributed by atoms with Crippen molar-refractivity contribution >= 4 is 33.7 Å². The van der Waals surface area contributed by atoms with E-state index in [4.69, 9.17) is 12.2 Å². The minimum absolute atomic E-state index is 0.0334. The van der Waals surface area contributed by atoms with E-state index < -0.39 is 11.7 Å². The van der Waals surface area contributed by atoms with Gasteiger partial charge in [-0.25, -0.2) is 0 Å². The Morgan fingerprint density at radius 1 is 1.22 bits per heavy atom. The molecule has 0 saturated carbocycles. The maximum absolute atomic E-state index is 13.7. The Bertz CT molecular complexity index is 834. The summed E-state index contributed by atoms with van der Waals surface area (Å²) in [6.45, 7) is 2.07. The van der Waals surface area contributed by atoms with Crippen molar-refractivity contribution in [1.29, 1.82) is 0 Å². The van der Waals surface area contributed by atoms with Crippen molar-refractivity contribution in [2.75, 3.05) is 0 Å². The molecule has 0 spiro atoms. The largest absolute Gasteiger partial charge is 0.512 e. The quantitative estimate of drug-likeness (QED) is 0.415. The summed E-state index contributed by atoms with van der Waals surface area (Å²) < 4.78 is 41.7. The third-order valence-corrected chi connectivity index (χ3v) is 6.43. The number of thioether (sulfide) groups is 1. The highest BCUT2D eigenvalue weighted by molar-refractivity contribution is 8.25. The fourth-order valence-corrected chi connectivity index (χ4v) is 4.94. The minimum Gasteiger partial charge on any atom is -0.512 e. The Morgan fingerprint density at radius 3 is 2.70 bits per heavy atom. The lowest BCUT2D eigenvalue weighted by molar-refractivity contribution is -0.137. The molecule has 0 amide bonds. The number of rotatable bonds is 5. The van der Waals surface area contributed by atoms with Crippen molar-refractivity contribution in [3.63, 3.8) is 0 Å². The minimum atomic E-state index is -4.44. The van der Waals surface area contributed by atoms with Crippen molar-refractivity contribution in [2.45, 2.75) is 50.5 Å². The first-order valence-corrected chi connectivity index (χ1v) is 10.3. The van der Waals surface area contributed by atoms with E-state index in [0.717, 1.165) is 24.8 Å². The van der Waals surface area contributed by atoms with Crippen LogP contribution in [0.1, 0.15) is 49.3 Å². The molecule has 0 bridgehead atoms. The van der Waals surface area contributed by atoms with E-state index in [1.807, 2.05) is 0 Å². The molecule has 27 heavy (non-hydrogen) atoms. The van der Waals surface area contributed by atoms with Gasteiger partial charge in [-0.05, 0) is 47.8 Å². The Kier molecular flexibility index (Phi) is 6.16. The molecule has 1 unspecified atom stereocenters. The van der Waals surface area contributed by atoms with Crippen LogP contribution in [0.2, 0.25) is 0 Å². The lowest BCUT2D eigenvalue weighted by Gasteiger charge is -2.28. The van der Waals surface area contributed by atoms with Gasteiger partial charge in [0.25, 0.3) is 0 Å². The van der Waals surface area contributed by atoms with E-state index in [0.29, 0.717) is 28.2 Å². The molecule has 1 heterocycles. The van der Waals surface area contributed by atoms with Gasteiger partial charge in [0.05, 0.1) is 15.5 Å². The van der Waals surface area contributed by atoms with Crippen LogP contribution in [0.5, 0.6) is 0 Å². The number of thiocarbonyl (C=S) groups is 1. The topological polar surface area (TPSA) is 20.2 Å². The smallest absolute Gasteiger partial charge is 0.417 e. The first-order valence-electron chi connectivity index (χ1n) is 9.02. The second-order valence-electron chi connectivity index (χ2n) is 6.82. The second kappa shape index (κ2) is 8.23. The lowest BCUT2D eigenvalue weighted by Crippen LogP contribution is -2.19. The predicted molar refractivity (Wildman–Crippen MR) is 110 cm³/mol. The molecule has 1 aromatic carbocycles. The molecule has 2 aliphatic rings. The normalized spacial score (nSPS) is 19.9. The Balaban J connectivity index is 2.01. The molecule has 1 atom stereocenters. The Hall–Kier alpha value is -1.53. The summed E-state index contributed by atoms with van der Waals surface area (Å²) in [7, 11) is 0. The number of unbranched alkanes of at least 4 members (excludes halogenated alkanes) is 2. The second-order valence-corrected chi connectivity index (χ2v) is 8.70. The van der Waals surface area contributed by atoms with Crippen LogP contribution in [0.25, 0.3) is 5.57 Å². The number of fused-ring (bicyclic) bond motifs is 1. The fraction of sp³-hybridized carbons (Fsp3) is 0.381. The Labute approximate surface area is 167 Å². The van der Waals surface area contributed by atoms with Crippen LogP contribution in [0.15, 0.2) is 47.8 Å². The van der Waals surface area contributed by atoms with E-state index in [1.165, 1.54) is 17.8 Å². The number of aliphatic hydroxyl groups excluding tert-OH is 1. The van der Waals surface area contributed by atoms with Crippen LogP contribution < -0.4 is 0 Å². The number of benzene rings is 1. The van der Waals surface area contributed by atoms with Crippen LogP contribution >= 0.6 is 24.0 Å². The molecule has 6 heteroatoms. The van der Waals surface area contributed by atoms with Gasteiger partial charge >= 0.3 is 6.18 Å². The summed E-state index contributed by atoms with van der Waals surface area (Å²) in [4.78, 5) is 0. The average molecular weight is 411 g/mol. The van der Waals surface area contributed by atoms with Crippen molar-refractivity contribution in [1.82, 2.24) is 0 Å². The SMILES string of the molecule is CCCCCc1ccc(C2=CC3=CC=C(O)CC3SC2=S)c(C(F)(F)F)c1. The van der Waals surface area contributed by atoms with E-state index in [1.54, 1.807) is 30.4 Å². The van der Waals surface area contributed by atoms with E-state index in [9.17, 15) is 18.3 Å². The van der Waals surface area contributed by atoms with Crippen LogP contribution in [-0.4, -0.2) is 14.6 Å². The van der Waals surface area contributed by atoms with Crippen molar-refractivity contribution in [2.24, 2.45) is 0 Å². The maximum atomic E-state index is 13.7. The summed E-state index contributed by atoms with van der Waals surface area (Å²) in [6, 6.07) is 4.60. The fourth-order valence-electron chi connectivity index (χ4n) is 3.33. The molecule has 1 aliphatic carbocycles. The first-order chi connectivity index (χ1) is 12.8. The number of allylic oxidation sites excluding steroid dienone is 4. The van der Waals surface area contributed by atoms with Crippen molar-refractivity contribution < 1.29 is 18.3 Å². The number of aliphatic hydroxyl groups is 1. The highest BCUT2D eigenvalue weighted by atomic mass is 32.2. The van der Waals surface area contributed by atoms with Crippen molar-refractivity contribution in [3.05, 3.63) is 64.4 Å². The average Bonchev–Trinajstić information content (AvgIpc) is 2.60. The van der Waals surface area contributed by atoms with E-state index in [-0.39, 0.29) is 16.6 Å². The molecular weight excluding hydrogens is 389 g/mol. The maximum Gasteiger partial charge on any atom is 0.417 e. The number of alkyl halides is 3. The van der Waals surface area contributed by atoms with Gasteiger partial charge in [-0.2, -0.15) is 13.2 Å². The van der Waals surface area contributed by atoms with E-state index >= 15 is 0 Å². The molecule has 0 fully saturated rings. The van der Waals surface area contributed by atoms with Gasteiger partial charge in [0.15, 0.2) is 0 Å².